The molecule has 1 aliphatic heterocycles. The summed E-state index contributed by atoms with van der Waals surface area (Å²) in [5, 5.41) is 4.06. The Kier molecular flexibility index (Phi) is 4.05. The quantitative estimate of drug-likeness (QED) is 0.650. The molecule has 0 saturated carbocycles. The van der Waals surface area contributed by atoms with Crippen molar-refractivity contribution in [2.24, 2.45) is 10.8 Å². The Labute approximate surface area is 132 Å². The van der Waals surface area contributed by atoms with Crippen LogP contribution in [0, 0.1) is 0 Å². The lowest BCUT2D eigenvalue weighted by Crippen LogP contribution is -2.34. The molecule has 1 atom stereocenters. The van der Waals surface area contributed by atoms with E-state index < -0.39 is 11.8 Å². The third-order valence-corrected chi connectivity index (χ3v) is 3.53. The number of para-hydroxylation sites is 1. The highest BCUT2D eigenvalue weighted by Crippen LogP contribution is 2.34. The number of hydrogen-bond acceptors (Lipinski definition) is 4. The monoisotopic (exact) mass is 309 g/mol. The lowest BCUT2D eigenvalue weighted by Gasteiger charge is -2.27. The number of carbonyl (C=O) groups excluding carboxylic acids is 2. The molecule has 3 rings (SSSR count). The minimum absolute atomic E-state index is 0.213. The van der Waals surface area contributed by atoms with Crippen LogP contribution in [0.4, 0.5) is 0 Å². The maximum absolute atomic E-state index is 11.3. The summed E-state index contributed by atoms with van der Waals surface area (Å²) in [5.74, 6) is -1.34. The van der Waals surface area contributed by atoms with E-state index in [1.54, 1.807) is 0 Å². The van der Waals surface area contributed by atoms with Crippen molar-refractivity contribution < 1.29 is 14.3 Å². The van der Waals surface area contributed by atoms with Gasteiger partial charge in [-0.2, -0.15) is 5.10 Å². The average molecular weight is 309 g/mol. The van der Waals surface area contributed by atoms with Gasteiger partial charge in [-0.05, 0) is 17.7 Å². The van der Waals surface area contributed by atoms with Crippen LogP contribution in [0.25, 0.3) is 0 Å². The molecular weight excluding hydrogens is 294 g/mol. The zero-order valence-electron chi connectivity index (χ0n) is 12.2. The summed E-state index contributed by atoms with van der Waals surface area (Å²) in [5.41, 5.74) is 9.53. The first-order chi connectivity index (χ1) is 11.1. The van der Waals surface area contributed by atoms with E-state index in [0.29, 0.717) is 17.9 Å². The second-order valence-corrected chi connectivity index (χ2v) is 5.08. The minimum Gasteiger partial charge on any atom is -0.485 e. The van der Waals surface area contributed by atoms with Gasteiger partial charge in [0.05, 0.1) is 5.71 Å². The SMILES string of the molecule is NC(=O)C(=O)N/N=C1/CC(c2ccccc2)Oc2ccccc21. The fourth-order valence-electron chi connectivity index (χ4n) is 2.42. The largest absolute Gasteiger partial charge is 0.485 e. The Morgan fingerprint density at radius 2 is 1.78 bits per heavy atom. The van der Waals surface area contributed by atoms with Gasteiger partial charge in [-0.15, -0.1) is 0 Å². The van der Waals surface area contributed by atoms with Gasteiger partial charge in [-0.25, -0.2) is 5.43 Å². The molecule has 6 nitrogen and oxygen atoms in total. The molecule has 0 bridgehead atoms. The Balaban J connectivity index is 1.93. The van der Waals surface area contributed by atoms with Gasteiger partial charge in [-0.3, -0.25) is 9.59 Å². The lowest BCUT2D eigenvalue weighted by atomic mass is 9.96. The number of nitrogens with two attached hydrogens (primary N) is 1. The van der Waals surface area contributed by atoms with Gasteiger partial charge in [0.2, 0.25) is 0 Å². The van der Waals surface area contributed by atoms with Gasteiger partial charge in [0.25, 0.3) is 0 Å². The van der Waals surface area contributed by atoms with Gasteiger partial charge in [0.15, 0.2) is 0 Å². The van der Waals surface area contributed by atoms with Gasteiger partial charge in [0.1, 0.15) is 11.9 Å². The highest BCUT2D eigenvalue weighted by atomic mass is 16.5. The van der Waals surface area contributed by atoms with Crippen molar-refractivity contribution >= 4 is 17.5 Å². The summed E-state index contributed by atoms with van der Waals surface area (Å²) in [7, 11) is 0. The van der Waals surface area contributed by atoms with Gasteiger partial charge in [-0.1, -0.05) is 42.5 Å². The lowest BCUT2D eigenvalue weighted by molar-refractivity contribution is -0.137. The molecule has 0 radical (unpaired) electrons. The highest BCUT2D eigenvalue weighted by Gasteiger charge is 2.26. The summed E-state index contributed by atoms with van der Waals surface area (Å²) >= 11 is 0. The molecule has 0 saturated heterocycles. The van der Waals surface area contributed by atoms with Crippen LogP contribution in [0.5, 0.6) is 5.75 Å². The minimum atomic E-state index is -1.07. The van der Waals surface area contributed by atoms with Crippen LogP contribution in [0.3, 0.4) is 0 Å². The molecule has 2 aromatic rings. The van der Waals surface area contributed by atoms with Crippen molar-refractivity contribution in [2.45, 2.75) is 12.5 Å². The van der Waals surface area contributed by atoms with Crippen molar-refractivity contribution in [3.63, 3.8) is 0 Å². The topological polar surface area (TPSA) is 93.8 Å². The Morgan fingerprint density at radius 3 is 2.52 bits per heavy atom. The molecule has 2 amide bonds. The van der Waals surface area contributed by atoms with E-state index in [1.807, 2.05) is 54.6 Å². The van der Waals surface area contributed by atoms with E-state index in [-0.39, 0.29) is 6.10 Å². The number of hydrogen-bond donors (Lipinski definition) is 2. The first kappa shape index (κ1) is 14.8. The maximum atomic E-state index is 11.3. The van der Waals surface area contributed by atoms with Crippen molar-refractivity contribution in [2.75, 3.05) is 0 Å². The summed E-state index contributed by atoms with van der Waals surface area (Å²) in [4.78, 5) is 22.1. The van der Waals surface area contributed by atoms with Crippen molar-refractivity contribution in [3.05, 3.63) is 65.7 Å². The van der Waals surface area contributed by atoms with Crippen molar-refractivity contribution in [3.8, 4) is 5.75 Å². The standard InChI is InChI=1S/C17H15N3O3/c18-16(21)17(22)20-19-13-10-15(11-6-2-1-3-7-11)23-14-9-5-4-8-12(13)14/h1-9,15H,10H2,(H2,18,21)(H,20,22)/b19-13-. The second kappa shape index (κ2) is 6.31. The number of carbonyl (C=O) groups is 2. The third-order valence-electron chi connectivity index (χ3n) is 3.53. The first-order valence-electron chi connectivity index (χ1n) is 7.12. The molecule has 6 heteroatoms. The predicted molar refractivity (Wildman–Crippen MR) is 84.7 cm³/mol. The number of rotatable bonds is 2. The Morgan fingerprint density at radius 1 is 1.09 bits per heavy atom. The number of amides is 2. The van der Waals surface area contributed by atoms with Crippen LogP contribution >= 0.6 is 0 Å². The van der Waals surface area contributed by atoms with E-state index in [4.69, 9.17) is 10.5 Å². The fraction of sp³-hybridized carbons (Fsp3) is 0.118. The molecule has 3 N–H and O–H groups in total. The normalized spacial score (nSPS) is 17.9. The molecule has 1 heterocycles. The summed E-state index contributed by atoms with van der Waals surface area (Å²) in [6, 6.07) is 17.2. The number of hydrazone groups is 1. The van der Waals surface area contributed by atoms with E-state index in [0.717, 1.165) is 11.1 Å². The fourth-order valence-corrected chi connectivity index (χ4v) is 2.42. The summed E-state index contributed by atoms with van der Waals surface area (Å²) in [6.45, 7) is 0. The van der Waals surface area contributed by atoms with Crippen LogP contribution in [-0.2, 0) is 9.59 Å². The molecule has 0 spiro atoms. The highest BCUT2D eigenvalue weighted by molar-refractivity contribution is 6.34. The van der Waals surface area contributed by atoms with Gasteiger partial charge in [0, 0.05) is 12.0 Å². The first-order valence-corrected chi connectivity index (χ1v) is 7.12. The third kappa shape index (κ3) is 3.21. The van der Waals surface area contributed by atoms with Crippen molar-refractivity contribution in [1.29, 1.82) is 0 Å². The second-order valence-electron chi connectivity index (χ2n) is 5.08. The van der Waals surface area contributed by atoms with Crippen LogP contribution in [0.15, 0.2) is 59.7 Å². The number of benzene rings is 2. The number of primary amides is 1. The van der Waals surface area contributed by atoms with E-state index in [2.05, 4.69) is 10.5 Å². The number of ether oxygens (including phenoxy) is 1. The molecule has 116 valence electrons. The molecule has 2 aromatic carbocycles. The van der Waals surface area contributed by atoms with E-state index >= 15 is 0 Å². The van der Waals surface area contributed by atoms with Gasteiger partial charge >= 0.3 is 11.8 Å². The number of fused-ring (bicyclic) bond motifs is 1. The van der Waals surface area contributed by atoms with Crippen LogP contribution < -0.4 is 15.9 Å². The summed E-state index contributed by atoms with van der Waals surface area (Å²) in [6.07, 6.45) is 0.260. The molecule has 1 aliphatic rings. The Hall–Kier alpha value is -3.15. The van der Waals surface area contributed by atoms with Crippen LogP contribution in [-0.4, -0.2) is 17.5 Å². The molecule has 1 unspecified atom stereocenters. The molecule has 0 aliphatic carbocycles. The number of nitrogens with one attached hydrogen (secondary N) is 1. The average Bonchev–Trinajstić information content (AvgIpc) is 2.59. The molecule has 0 fully saturated rings. The zero-order chi connectivity index (χ0) is 16.2. The summed E-state index contributed by atoms with van der Waals surface area (Å²) < 4.78 is 6.02. The zero-order valence-corrected chi connectivity index (χ0v) is 12.2. The van der Waals surface area contributed by atoms with E-state index in [1.165, 1.54) is 0 Å². The molecular formula is C17H15N3O3. The van der Waals surface area contributed by atoms with E-state index in [9.17, 15) is 9.59 Å². The van der Waals surface area contributed by atoms with Crippen LogP contribution in [0.1, 0.15) is 23.7 Å². The smallest absolute Gasteiger partial charge is 0.329 e. The van der Waals surface area contributed by atoms with Crippen LogP contribution in [0.2, 0.25) is 0 Å². The van der Waals surface area contributed by atoms with Gasteiger partial charge < -0.3 is 10.5 Å². The molecule has 23 heavy (non-hydrogen) atoms. The maximum Gasteiger partial charge on any atom is 0.329 e. The predicted octanol–water partition coefficient (Wildman–Crippen LogP) is 1.52. The number of nitrogens with zero attached hydrogens (tertiary/aromatic N) is 1. The Bertz CT molecular complexity index is 772. The molecule has 0 aromatic heterocycles. The van der Waals surface area contributed by atoms with Crippen molar-refractivity contribution in [1.82, 2.24) is 5.43 Å².